The second-order valence-corrected chi connectivity index (χ2v) is 8.64. The number of benzene rings is 1. The molecule has 27 heavy (non-hydrogen) atoms. The summed E-state index contributed by atoms with van der Waals surface area (Å²) in [6.07, 6.45) is 3.25. The van der Waals surface area contributed by atoms with Gasteiger partial charge in [0.2, 0.25) is 5.91 Å². The van der Waals surface area contributed by atoms with E-state index in [9.17, 15) is 4.79 Å². The van der Waals surface area contributed by atoms with Gasteiger partial charge in [-0.2, -0.15) is 5.10 Å². The van der Waals surface area contributed by atoms with Gasteiger partial charge in [-0.15, -0.1) is 0 Å². The summed E-state index contributed by atoms with van der Waals surface area (Å²) < 4.78 is 2.50. The van der Waals surface area contributed by atoms with E-state index in [4.69, 9.17) is 12.2 Å². The van der Waals surface area contributed by atoms with Crippen LogP contribution in [-0.4, -0.2) is 33.8 Å². The van der Waals surface area contributed by atoms with Gasteiger partial charge < -0.3 is 14.8 Å². The minimum Gasteiger partial charge on any atom is -0.370 e. The van der Waals surface area contributed by atoms with Gasteiger partial charge in [-0.3, -0.25) is 9.89 Å². The lowest BCUT2D eigenvalue weighted by molar-refractivity contribution is -0.117. The minimum atomic E-state index is 0.132. The molecule has 2 aromatic rings. The Morgan fingerprint density at radius 3 is 2.56 bits per heavy atom. The first-order chi connectivity index (χ1) is 12.9. The van der Waals surface area contributed by atoms with Gasteiger partial charge in [-0.05, 0) is 61.5 Å². The number of hydrogen-bond acceptors (Lipinski definition) is 4. The third-order valence-electron chi connectivity index (χ3n) is 5.54. The predicted molar refractivity (Wildman–Crippen MR) is 110 cm³/mol. The van der Waals surface area contributed by atoms with Crippen molar-refractivity contribution in [1.29, 1.82) is 0 Å². The largest absolute Gasteiger partial charge is 0.370 e. The lowest BCUT2D eigenvalue weighted by atomic mass is 9.91. The van der Waals surface area contributed by atoms with Crippen LogP contribution in [0.5, 0.6) is 0 Å². The highest BCUT2D eigenvalue weighted by molar-refractivity contribution is 7.71. The van der Waals surface area contributed by atoms with Crippen LogP contribution in [-0.2, 0) is 11.8 Å². The van der Waals surface area contributed by atoms with Crippen LogP contribution in [0.3, 0.4) is 0 Å². The number of aromatic nitrogens is 3. The van der Waals surface area contributed by atoms with Crippen LogP contribution < -0.4 is 10.2 Å². The van der Waals surface area contributed by atoms with Gasteiger partial charge in [0.25, 0.3) is 0 Å². The SMILES string of the molecule is CC1CC(C)CN(c2cc(NC(=O)C3CC3)ccc2-c2n[nH]c(=S)n2C)C1. The average molecular weight is 386 g/mol. The fourth-order valence-corrected chi connectivity index (χ4v) is 4.23. The molecule has 2 atom stereocenters. The smallest absolute Gasteiger partial charge is 0.227 e. The highest BCUT2D eigenvalue weighted by atomic mass is 32.1. The van der Waals surface area contributed by atoms with Crippen molar-refractivity contribution in [3.05, 3.63) is 23.0 Å². The van der Waals surface area contributed by atoms with E-state index in [1.165, 1.54) is 6.42 Å². The van der Waals surface area contributed by atoms with E-state index in [-0.39, 0.29) is 11.8 Å². The van der Waals surface area contributed by atoms with E-state index < -0.39 is 0 Å². The highest BCUT2D eigenvalue weighted by Gasteiger charge is 2.30. The van der Waals surface area contributed by atoms with E-state index in [0.717, 1.165) is 48.7 Å². The van der Waals surface area contributed by atoms with Crippen molar-refractivity contribution in [3.63, 3.8) is 0 Å². The molecule has 1 amide bonds. The molecule has 1 saturated carbocycles. The number of aromatic amines is 1. The van der Waals surface area contributed by atoms with E-state index in [1.54, 1.807) is 0 Å². The Bertz CT molecular complexity index is 903. The molecule has 2 heterocycles. The monoisotopic (exact) mass is 385 g/mol. The molecule has 6 nitrogen and oxygen atoms in total. The number of carbonyl (C=O) groups is 1. The number of hydrogen-bond donors (Lipinski definition) is 2. The summed E-state index contributed by atoms with van der Waals surface area (Å²) in [7, 11) is 1.93. The van der Waals surface area contributed by atoms with Gasteiger partial charge in [0.05, 0.1) is 0 Å². The summed E-state index contributed by atoms with van der Waals surface area (Å²) in [6, 6.07) is 6.11. The molecule has 1 aliphatic heterocycles. The number of nitrogens with zero attached hydrogens (tertiary/aromatic N) is 3. The lowest BCUT2D eigenvalue weighted by Crippen LogP contribution is -2.39. The fraction of sp³-hybridized carbons (Fsp3) is 0.550. The summed E-state index contributed by atoms with van der Waals surface area (Å²) in [5.41, 5.74) is 3.00. The third kappa shape index (κ3) is 3.78. The number of anilines is 2. The quantitative estimate of drug-likeness (QED) is 0.782. The Kier molecular flexibility index (Phi) is 4.80. The predicted octanol–water partition coefficient (Wildman–Crippen LogP) is 3.98. The molecule has 0 bridgehead atoms. The Balaban J connectivity index is 1.74. The second-order valence-electron chi connectivity index (χ2n) is 8.26. The molecule has 1 saturated heterocycles. The maximum atomic E-state index is 12.2. The van der Waals surface area contributed by atoms with E-state index >= 15 is 0 Å². The van der Waals surface area contributed by atoms with Crippen LogP contribution in [0.25, 0.3) is 11.4 Å². The summed E-state index contributed by atoms with van der Waals surface area (Å²) in [6.45, 7) is 6.62. The van der Waals surface area contributed by atoms with Crippen LogP contribution in [0.2, 0.25) is 0 Å². The number of nitrogens with one attached hydrogen (secondary N) is 2. The molecule has 7 heteroatoms. The molecule has 2 unspecified atom stereocenters. The fourth-order valence-electron chi connectivity index (χ4n) is 4.10. The van der Waals surface area contributed by atoms with Gasteiger partial charge in [-0.1, -0.05) is 13.8 Å². The van der Waals surface area contributed by atoms with E-state index in [1.807, 2.05) is 23.7 Å². The van der Waals surface area contributed by atoms with Crippen molar-refractivity contribution in [2.45, 2.75) is 33.1 Å². The molecule has 2 fully saturated rings. The number of carbonyl (C=O) groups excluding carboxylic acids is 1. The zero-order chi connectivity index (χ0) is 19.1. The standard InChI is InChI=1S/C20H27N5OS/c1-12-8-13(2)11-25(10-12)17-9-15(21-19(26)14-4-5-14)6-7-16(17)18-22-23-20(27)24(18)3/h6-7,9,12-14H,4-5,8,10-11H2,1-3H3,(H,21,26)(H,23,27). The number of piperidine rings is 1. The molecule has 4 rings (SSSR count). The Hall–Kier alpha value is -2.15. The first-order valence-corrected chi connectivity index (χ1v) is 10.1. The molecule has 0 radical (unpaired) electrons. The maximum absolute atomic E-state index is 12.2. The number of H-pyrrole nitrogens is 1. The summed E-state index contributed by atoms with van der Waals surface area (Å²) in [4.78, 5) is 14.6. The topological polar surface area (TPSA) is 66.0 Å². The van der Waals surface area contributed by atoms with Crippen molar-refractivity contribution in [2.24, 2.45) is 24.8 Å². The molecule has 0 spiro atoms. The van der Waals surface area contributed by atoms with Crippen molar-refractivity contribution in [3.8, 4) is 11.4 Å². The van der Waals surface area contributed by atoms with Gasteiger partial charge >= 0.3 is 0 Å². The molecule has 2 N–H and O–H groups in total. The van der Waals surface area contributed by atoms with Crippen LogP contribution in [0.4, 0.5) is 11.4 Å². The van der Waals surface area contributed by atoms with Crippen molar-refractivity contribution < 1.29 is 4.79 Å². The molecule has 144 valence electrons. The van der Waals surface area contributed by atoms with Gasteiger partial charge in [0, 0.05) is 43.0 Å². The highest BCUT2D eigenvalue weighted by Crippen LogP contribution is 2.37. The Labute approximate surface area is 165 Å². The van der Waals surface area contributed by atoms with Gasteiger partial charge in [0.1, 0.15) is 0 Å². The third-order valence-corrected chi connectivity index (χ3v) is 5.91. The van der Waals surface area contributed by atoms with Crippen molar-refractivity contribution >= 4 is 29.5 Å². The zero-order valence-electron chi connectivity index (χ0n) is 16.2. The van der Waals surface area contributed by atoms with Crippen molar-refractivity contribution in [2.75, 3.05) is 23.3 Å². The Morgan fingerprint density at radius 1 is 1.26 bits per heavy atom. The first-order valence-electron chi connectivity index (χ1n) is 9.74. The molecule has 1 aromatic carbocycles. The van der Waals surface area contributed by atoms with Crippen LogP contribution >= 0.6 is 12.2 Å². The summed E-state index contributed by atoms with van der Waals surface area (Å²) in [5, 5.41) is 10.4. The second kappa shape index (κ2) is 7.11. The normalized spacial score (nSPS) is 22.7. The van der Waals surface area contributed by atoms with Gasteiger partial charge in [-0.25, -0.2) is 0 Å². The summed E-state index contributed by atoms with van der Waals surface area (Å²) in [5.74, 6) is 2.41. The van der Waals surface area contributed by atoms with Crippen molar-refractivity contribution in [1.82, 2.24) is 14.8 Å². The molecule has 1 aromatic heterocycles. The van der Waals surface area contributed by atoms with Crippen LogP contribution in [0.15, 0.2) is 18.2 Å². The van der Waals surface area contributed by atoms with Crippen LogP contribution in [0.1, 0.15) is 33.1 Å². The maximum Gasteiger partial charge on any atom is 0.227 e. The van der Waals surface area contributed by atoms with E-state index in [2.05, 4.69) is 40.3 Å². The lowest BCUT2D eigenvalue weighted by Gasteiger charge is -2.37. The summed E-state index contributed by atoms with van der Waals surface area (Å²) >= 11 is 5.30. The average Bonchev–Trinajstić information content (AvgIpc) is 3.42. The molecule has 1 aliphatic carbocycles. The van der Waals surface area contributed by atoms with Gasteiger partial charge in [0.15, 0.2) is 10.6 Å². The van der Waals surface area contributed by atoms with Crippen LogP contribution in [0, 0.1) is 22.5 Å². The number of amides is 1. The molecular weight excluding hydrogens is 358 g/mol. The van der Waals surface area contributed by atoms with E-state index in [0.29, 0.717) is 16.6 Å². The minimum absolute atomic E-state index is 0.132. The molecule has 2 aliphatic rings. The zero-order valence-corrected chi connectivity index (χ0v) is 17.0. The number of rotatable bonds is 4. The molecular formula is C20H27N5OS. The Morgan fingerprint density at radius 2 is 1.96 bits per heavy atom. The first kappa shape index (κ1) is 18.2.